The molecule has 19 heavy (non-hydrogen) atoms. The molecule has 0 amide bonds. The molecule has 108 valence electrons. The third-order valence-corrected chi connectivity index (χ3v) is 2.70. The maximum atomic E-state index is 13.6. The normalized spacial score (nSPS) is 13.4. The molecule has 0 aliphatic carbocycles. The summed E-state index contributed by atoms with van der Waals surface area (Å²) >= 11 is 5.59. The number of hydrogen-bond donors (Lipinski definition) is 1. The molecular weight excluding hydrogens is 286 g/mol. The second-order valence-corrected chi connectivity index (χ2v) is 4.34. The number of methoxy groups -OCH3 is 1. The molecule has 7 heteroatoms. The highest BCUT2D eigenvalue weighted by Gasteiger charge is 2.31. The van der Waals surface area contributed by atoms with Crippen LogP contribution in [0.2, 0.25) is 0 Å². The van der Waals surface area contributed by atoms with Crippen LogP contribution in [0.4, 0.5) is 23.2 Å². The highest BCUT2D eigenvalue weighted by Crippen LogP contribution is 2.31. The van der Waals surface area contributed by atoms with Gasteiger partial charge < -0.3 is 10.1 Å². The summed E-state index contributed by atoms with van der Waals surface area (Å²) in [4.78, 5) is 0. The summed E-state index contributed by atoms with van der Waals surface area (Å²) in [6.45, 7) is 0.285. The van der Waals surface area contributed by atoms with Crippen LogP contribution in [0, 0.1) is 5.82 Å². The van der Waals surface area contributed by atoms with E-state index in [2.05, 4.69) is 5.32 Å². The van der Waals surface area contributed by atoms with E-state index in [-0.39, 0.29) is 18.3 Å². The van der Waals surface area contributed by atoms with E-state index in [0.717, 1.165) is 12.1 Å². The van der Waals surface area contributed by atoms with Gasteiger partial charge in [-0.2, -0.15) is 13.2 Å². The summed E-state index contributed by atoms with van der Waals surface area (Å²) in [6.07, 6.45) is -4.04. The molecule has 1 aromatic carbocycles. The van der Waals surface area contributed by atoms with Crippen LogP contribution in [-0.2, 0) is 10.9 Å². The lowest BCUT2D eigenvalue weighted by molar-refractivity contribution is -0.137. The molecule has 0 aliphatic rings. The van der Waals surface area contributed by atoms with E-state index >= 15 is 0 Å². The van der Waals surface area contributed by atoms with E-state index in [1.165, 1.54) is 7.11 Å². The minimum atomic E-state index is -4.55. The average molecular weight is 300 g/mol. The number of benzene rings is 1. The van der Waals surface area contributed by atoms with Gasteiger partial charge >= 0.3 is 6.18 Å². The Labute approximate surface area is 113 Å². The van der Waals surface area contributed by atoms with Gasteiger partial charge in [0, 0.05) is 13.0 Å². The summed E-state index contributed by atoms with van der Waals surface area (Å²) in [5.74, 6) is -0.617. The van der Waals surface area contributed by atoms with Crippen molar-refractivity contribution in [2.45, 2.75) is 18.6 Å². The Hall–Kier alpha value is -1.01. The van der Waals surface area contributed by atoms with Gasteiger partial charge in [0.05, 0.1) is 23.9 Å². The standard InChI is InChI=1S/C12H14ClF4NO/c1-19-7-9(4-5-13)18-11-3-2-8(6-10(11)14)12(15,16)17/h2-3,6,9,18H,4-5,7H2,1H3. The van der Waals surface area contributed by atoms with Crippen molar-refractivity contribution in [3.63, 3.8) is 0 Å². The minimum absolute atomic E-state index is 0.000154. The maximum absolute atomic E-state index is 13.6. The second-order valence-electron chi connectivity index (χ2n) is 3.97. The molecule has 0 aromatic heterocycles. The van der Waals surface area contributed by atoms with Gasteiger partial charge in [-0.15, -0.1) is 11.6 Å². The fraction of sp³-hybridized carbons (Fsp3) is 0.500. The predicted molar refractivity (Wildman–Crippen MR) is 66.0 cm³/mol. The van der Waals surface area contributed by atoms with Crippen LogP contribution in [0.5, 0.6) is 0 Å². The van der Waals surface area contributed by atoms with E-state index in [0.29, 0.717) is 18.4 Å². The first-order valence-electron chi connectivity index (χ1n) is 5.56. The Balaban J connectivity index is 2.84. The van der Waals surface area contributed by atoms with E-state index in [1.807, 2.05) is 0 Å². The van der Waals surface area contributed by atoms with Crippen molar-refractivity contribution >= 4 is 17.3 Å². The number of anilines is 1. The van der Waals surface area contributed by atoms with E-state index in [9.17, 15) is 17.6 Å². The summed E-state index contributed by atoms with van der Waals surface area (Å²) in [6, 6.07) is 2.10. The molecule has 1 atom stereocenters. The Bertz CT molecular complexity index is 405. The number of nitrogens with one attached hydrogen (secondary N) is 1. The van der Waals surface area contributed by atoms with Crippen LogP contribution >= 0.6 is 11.6 Å². The average Bonchev–Trinajstić information content (AvgIpc) is 2.31. The Morgan fingerprint density at radius 3 is 2.53 bits per heavy atom. The van der Waals surface area contributed by atoms with Crippen LogP contribution in [0.3, 0.4) is 0 Å². The van der Waals surface area contributed by atoms with Crippen molar-refractivity contribution < 1.29 is 22.3 Å². The molecule has 0 saturated carbocycles. The fourth-order valence-electron chi connectivity index (χ4n) is 1.56. The van der Waals surface area contributed by atoms with Crippen molar-refractivity contribution in [3.05, 3.63) is 29.6 Å². The molecule has 0 heterocycles. The SMILES string of the molecule is COCC(CCCl)Nc1ccc(C(F)(F)F)cc1F. The highest BCUT2D eigenvalue weighted by atomic mass is 35.5. The Morgan fingerprint density at radius 2 is 2.05 bits per heavy atom. The predicted octanol–water partition coefficient (Wildman–Crippen LogP) is 3.90. The topological polar surface area (TPSA) is 21.3 Å². The molecular formula is C12H14ClF4NO. The molecule has 0 saturated heterocycles. The summed E-state index contributed by atoms with van der Waals surface area (Å²) in [7, 11) is 1.48. The van der Waals surface area contributed by atoms with Crippen molar-refractivity contribution in [2.75, 3.05) is 24.9 Å². The number of rotatable bonds is 6. The first kappa shape index (κ1) is 16.0. The first-order chi connectivity index (χ1) is 8.88. The molecule has 1 unspecified atom stereocenters. The van der Waals surface area contributed by atoms with Crippen molar-refractivity contribution in [1.82, 2.24) is 0 Å². The third-order valence-electron chi connectivity index (χ3n) is 2.48. The van der Waals surface area contributed by atoms with Crippen LogP contribution in [0.1, 0.15) is 12.0 Å². The quantitative estimate of drug-likeness (QED) is 0.635. The lowest BCUT2D eigenvalue weighted by Gasteiger charge is -2.19. The van der Waals surface area contributed by atoms with E-state index in [1.54, 1.807) is 0 Å². The lowest BCUT2D eigenvalue weighted by Crippen LogP contribution is -2.26. The zero-order valence-corrected chi connectivity index (χ0v) is 11.0. The van der Waals surface area contributed by atoms with Gasteiger partial charge in [-0.3, -0.25) is 0 Å². The number of halogens is 5. The largest absolute Gasteiger partial charge is 0.416 e. The van der Waals surface area contributed by atoms with Gasteiger partial charge in [0.1, 0.15) is 5.82 Å². The fourth-order valence-corrected chi connectivity index (χ4v) is 1.82. The molecule has 0 spiro atoms. The zero-order valence-electron chi connectivity index (χ0n) is 10.2. The number of hydrogen-bond acceptors (Lipinski definition) is 2. The zero-order chi connectivity index (χ0) is 14.5. The number of ether oxygens (including phenoxy) is 1. The number of alkyl halides is 4. The third kappa shape index (κ3) is 4.87. The smallest absolute Gasteiger partial charge is 0.383 e. The van der Waals surface area contributed by atoms with Crippen molar-refractivity contribution in [3.8, 4) is 0 Å². The highest BCUT2D eigenvalue weighted by molar-refractivity contribution is 6.17. The molecule has 0 bridgehead atoms. The van der Waals surface area contributed by atoms with Gasteiger partial charge in [0.2, 0.25) is 0 Å². The molecule has 1 aromatic rings. The van der Waals surface area contributed by atoms with Crippen molar-refractivity contribution in [2.24, 2.45) is 0 Å². The second kappa shape index (κ2) is 6.96. The lowest BCUT2D eigenvalue weighted by atomic mass is 10.1. The minimum Gasteiger partial charge on any atom is -0.383 e. The molecule has 2 nitrogen and oxygen atoms in total. The van der Waals surface area contributed by atoms with Gasteiger partial charge in [0.25, 0.3) is 0 Å². The van der Waals surface area contributed by atoms with Crippen LogP contribution < -0.4 is 5.32 Å². The van der Waals surface area contributed by atoms with E-state index in [4.69, 9.17) is 16.3 Å². The molecule has 0 fully saturated rings. The van der Waals surface area contributed by atoms with Crippen LogP contribution in [-0.4, -0.2) is 25.6 Å². The Kier molecular flexibility index (Phi) is 5.87. The maximum Gasteiger partial charge on any atom is 0.416 e. The van der Waals surface area contributed by atoms with Gasteiger partial charge in [-0.25, -0.2) is 4.39 Å². The monoisotopic (exact) mass is 299 g/mol. The van der Waals surface area contributed by atoms with Gasteiger partial charge in [0.15, 0.2) is 0 Å². The molecule has 1 N–H and O–H groups in total. The van der Waals surface area contributed by atoms with Crippen molar-refractivity contribution in [1.29, 1.82) is 0 Å². The van der Waals surface area contributed by atoms with Gasteiger partial charge in [-0.1, -0.05) is 0 Å². The van der Waals surface area contributed by atoms with Gasteiger partial charge in [-0.05, 0) is 24.6 Å². The first-order valence-corrected chi connectivity index (χ1v) is 6.10. The van der Waals surface area contributed by atoms with Crippen LogP contribution in [0.15, 0.2) is 18.2 Å². The molecule has 0 aliphatic heterocycles. The summed E-state index contributed by atoms with van der Waals surface area (Å²) in [5.41, 5.74) is -1.02. The molecule has 1 rings (SSSR count). The summed E-state index contributed by atoms with van der Waals surface area (Å²) < 4.78 is 55.6. The van der Waals surface area contributed by atoms with Crippen LogP contribution in [0.25, 0.3) is 0 Å². The van der Waals surface area contributed by atoms with E-state index < -0.39 is 17.6 Å². The Morgan fingerprint density at radius 1 is 1.37 bits per heavy atom. The molecule has 0 radical (unpaired) electrons. The summed E-state index contributed by atoms with van der Waals surface area (Å²) in [5, 5.41) is 2.78.